The minimum atomic E-state index is -1.03. The number of hydrogen-bond acceptors (Lipinski definition) is 5. The maximum atomic E-state index is 11.2. The van der Waals surface area contributed by atoms with Crippen LogP contribution in [0.4, 0.5) is 0 Å². The lowest BCUT2D eigenvalue weighted by Crippen LogP contribution is -2.01. The van der Waals surface area contributed by atoms with Gasteiger partial charge in [0.1, 0.15) is 5.39 Å². The summed E-state index contributed by atoms with van der Waals surface area (Å²) in [6.45, 7) is 0. The van der Waals surface area contributed by atoms with Gasteiger partial charge in [-0.25, -0.2) is 9.78 Å². The average Bonchev–Trinajstić information content (AvgIpc) is 3.08. The van der Waals surface area contributed by atoms with Gasteiger partial charge in [-0.3, -0.25) is 0 Å². The van der Waals surface area contributed by atoms with E-state index in [4.69, 9.17) is 9.26 Å². The van der Waals surface area contributed by atoms with Crippen molar-refractivity contribution in [3.05, 3.63) is 17.3 Å². The quantitative estimate of drug-likeness (QED) is 0.871. The summed E-state index contributed by atoms with van der Waals surface area (Å²) in [5.74, 6) is -0.512. The number of ether oxygens (including phenoxy) is 1. The van der Waals surface area contributed by atoms with Crippen molar-refractivity contribution in [2.75, 3.05) is 7.11 Å². The minimum absolute atomic E-state index is 0.134. The fraction of sp³-hybridized carbons (Fsp3) is 0.364. The second-order valence-corrected chi connectivity index (χ2v) is 4.05. The van der Waals surface area contributed by atoms with E-state index in [0.29, 0.717) is 11.3 Å². The molecule has 0 spiro atoms. The standard InChI is InChI=1S/C11H10N2O4/c1-16-10-8-6(11(14)15)4-7(5-2-3-5)12-9(8)17-13-10/h4-5H,2-3H2,1H3,(H,14,15). The van der Waals surface area contributed by atoms with Gasteiger partial charge in [-0.2, -0.15) is 0 Å². The first-order valence-corrected chi connectivity index (χ1v) is 5.28. The number of pyridine rings is 1. The molecule has 3 rings (SSSR count). The Kier molecular flexibility index (Phi) is 2.04. The van der Waals surface area contributed by atoms with Crippen molar-refractivity contribution in [3.63, 3.8) is 0 Å². The second-order valence-electron chi connectivity index (χ2n) is 4.05. The van der Waals surface area contributed by atoms with Crippen LogP contribution in [-0.2, 0) is 0 Å². The summed E-state index contributed by atoms with van der Waals surface area (Å²) in [4.78, 5) is 15.5. The Morgan fingerprint density at radius 3 is 2.94 bits per heavy atom. The summed E-state index contributed by atoms with van der Waals surface area (Å²) in [7, 11) is 1.41. The van der Waals surface area contributed by atoms with E-state index in [1.54, 1.807) is 6.07 Å². The lowest BCUT2D eigenvalue weighted by Gasteiger charge is -2.01. The van der Waals surface area contributed by atoms with Crippen molar-refractivity contribution in [3.8, 4) is 5.88 Å². The largest absolute Gasteiger partial charge is 0.478 e. The number of nitrogens with zero attached hydrogens (tertiary/aromatic N) is 2. The molecule has 0 aromatic carbocycles. The first-order chi connectivity index (χ1) is 8.20. The summed E-state index contributed by atoms with van der Waals surface area (Å²) in [5.41, 5.74) is 1.12. The molecule has 0 aliphatic heterocycles. The van der Waals surface area contributed by atoms with Crippen molar-refractivity contribution in [2.45, 2.75) is 18.8 Å². The molecule has 2 aromatic rings. The summed E-state index contributed by atoms with van der Waals surface area (Å²) in [5, 5.41) is 13.2. The highest BCUT2D eigenvalue weighted by atomic mass is 16.5. The van der Waals surface area contributed by atoms with E-state index in [0.717, 1.165) is 18.5 Å². The molecule has 88 valence electrons. The number of hydrogen-bond donors (Lipinski definition) is 1. The molecule has 0 amide bonds. The Morgan fingerprint density at radius 2 is 2.35 bits per heavy atom. The molecular formula is C11H10N2O4. The second kappa shape index (κ2) is 3.44. The van der Waals surface area contributed by atoms with Gasteiger partial charge in [-0.05, 0) is 24.1 Å². The number of carboxylic acid groups (broad SMARTS) is 1. The van der Waals surface area contributed by atoms with E-state index in [1.165, 1.54) is 7.11 Å². The molecule has 1 fully saturated rings. The Balaban J connectivity index is 2.29. The number of carboxylic acids is 1. The van der Waals surface area contributed by atoms with Crippen molar-refractivity contribution >= 4 is 17.1 Å². The van der Waals surface area contributed by atoms with Gasteiger partial charge in [0.2, 0.25) is 0 Å². The van der Waals surface area contributed by atoms with Crippen LogP contribution in [0.25, 0.3) is 11.1 Å². The summed E-state index contributed by atoms with van der Waals surface area (Å²) >= 11 is 0. The third kappa shape index (κ3) is 1.52. The predicted octanol–water partition coefficient (Wildman–Crippen LogP) is 1.81. The molecular weight excluding hydrogens is 224 g/mol. The van der Waals surface area contributed by atoms with Gasteiger partial charge in [-0.1, -0.05) is 0 Å². The van der Waals surface area contributed by atoms with Crippen LogP contribution in [-0.4, -0.2) is 28.3 Å². The smallest absolute Gasteiger partial charge is 0.336 e. The molecule has 6 nitrogen and oxygen atoms in total. The zero-order valence-electron chi connectivity index (χ0n) is 9.14. The molecule has 1 saturated carbocycles. The van der Waals surface area contributed by atoms with Gasteiger partial charge in [0.25, 0.3) is 11.6 Å². The van der Waals surface area contributed by atoms with Crippen molar-refractivity contribution < 1.29 is 19.2 Å². The lowest BCUT2D eigenvalue weighted by molar-refractivity contribution is 0.0698. The van der Waals surface area contributed by atoms with Crippen molar-refractivity contribution in [1.82, 2.24) is 10.1 Å². The van der Waals surface area contributed by atoms with Gasteiger partial charge in [-0.15, -0.1) is 0 Å². The van der Waals surface area contributed by atoms with Crippen LogP contribution in [0.15, 0.2) is 10.6 Å². The average molecular weight is 234 g/mol. The minimum Gasteiger partial charge on any atom is -0.478 e. The van der Waals surface area contributed by atoms with Crippen molar-refractivity contribution in [1.29, 1.82) is 0 Å². The highest BCUT2D eigenvalue weighted by molar-refractivity contribution is 6.03. The molecule has 2 heterocycles. The van der Waals surface area contributed by atoms with Crippen LogP contribution in [0.2, 0.25) is 0 Å². The first kappa shape index (κ1) is 10.1. The molecule has 0 atom stereocenters. The fourth-order valence-electron chi connectivity index (χ4n) is 1.84. The highest BCUT2D eigenvalue weighted by Gasteiger charge is 2.29. The molecule has 2 aromatic heterocycles. The Hall–Kier alpha value is -2.11. The third-order valence-electron chi connectivity index (χ3n) is 2.85. The Morgan fingerprint density at radius 1 is 1.59 bits per heavy atom. The van der Waals surface area contributed by atoms with Crippen LogP contribution in [0.5, 0.6) is 5.88 Å². The maximum Gasteiger partial charge on any atom is 0.336 e. The first-order valence-electron chi connectivity index (χ1n) is 5.28. The van der Waals surface area contributed by atoms with E-state index < -0.39 is 5.97 Å². The van der Waals surface area contributed by atoms with Gasteiger partial charge in [0, 0.05) is 11.6 Å². The molecule has 6 heteroatoms. The highest BCUT2D eigenvalue weighted by Crippen LogP contribution is 2.41. The van der Waals surface area contributed by atoms with Gasteiger partial charge in [0.05, 0.1) is 12.7 Å². The van der Waals surface area contributed by atoms with E-state index in [1.807, 2.05) is 0 Å². The number of aromatic carboxylic acids is 1. The number of carbonyl (C=O) groups is 1. The zero-order chi connectivity index (χ0) is 12.0. The SMILES string of the molecule is COc1noc2nc(C3CC3)cc(C(=O)O)c12. The number of methoxy groups -OCH3 is 1. The number of rotatable bonds is 3. The Bertz CT molecular complexity index is 601. The molecule has 0 radical (unpaired) electrons. The van der Waals surface area contributed by atoms with Crippen LogP contribution in [0.1, 0.15) is 34.8 Å². The fourth-order valence-corrected chi connectivity index (χ4v) is 1.84. The lowest BCUT2D eigenvalue weighted by atomic mass is 10.1. The van der Waals surface area contributed by atoms with Crippen LogP contribution in [0.3, 0.4) is 0 Å². The molecule has 0 saturated heterocycles. The summed E-state index contributed by atoms with van der Waals surface area (Å²) in [6, 6.07) is 1.59. The third-order valence-corrected chi connectivity index (χ3v) is 2.85. The topological polar surface area (TPSA) is 85.5 Å². The van der Waals surface area contributed by atoms with E-state index in [-0.39, 0.29) is 17.2 Å². The number of aromatic nitrogens is 2. The summed E-state index contributed by atoms with van der Waals surface area (Å²) in [6.07, 6.45) is 2.09. The van der Waals surface area contributed by atoms with Gasteiger partial charge >= 0.3 is 5.97 Å². The summed E-state index contributed by atoms with van der Waals surface area (Å²) < 4.78 is 9.97. The molecule has 0 unspecified atom stereocenters. The molecule has 1 aliphatic carbocycles. The molecule has 1 N–H and O–H groups in total. The zero-order valence-corrected chi connectivity index (χ0v) is 9.14. The van der Waals surface area contributed by atoms with Crippen LogP contribution >= 0.6 is 0 Å². The normalized spacial score (nSPS) is 15.1. The van der Waals surface area contributed by atoms with E-state index in [2.05, 4.69) is 10.1 Å². The molecule has 17 heavy (non-hydrogen) atoms. The molecule has 0 bridgehead atoms. The van der Waals surface area contributed by atoms with Crippen LogP contribution in [0, 0.1) is 0 Å². The maximum absolute atomic E-state index is 11.2. The number of fused-ring (bicyclic) bond motifs is 1. The van der Waals surface area contributed by atoms with Gasteiger partial charge in [0.15, 0.2) is 0 Å². The Labute approximate surface area is 96.2 Å². The molecule has 1 aliphatic rings. The van der Waals surface area contributed by atoms with E-state index >= 15 is 0 Å². The van der Waals surface area contributed by atoms with E-state index in [9.17, 15) is 9.90 Å². The van der Waals surface area contributed by atoms with Gasteiger partial charge < -0.3 is 14.4 Å². The monoisotopic (exact) mass is 234 g/mol. The van der Waals surface area contributed by atoms with Crippen LogP contribution < -0.4 is 4.74 Å². The predicted molar refractivity (Wildman–Crippen MR) is 57.3 cm³/mol. The van der Waals surface area contributed by atoms with Crippen molar-refractivity contribution in [2.24, 2.45) is 0 Å².